The Labute approximate surface area is 214 Å². The zero-order valence-electron chi connectivity index (χ0n) is 22.3. The molecule has 1 aromatic rings. The van der Waals surface area contributed by atoms with Crippen LogP contribution in [0.5, 0.6) is 0 Å². The molecule has 0 aliphatic carbocycles. The highest BCUT2D eigenvalue weighted by Crippen LogP contribution is 2.32. The molecule has 4 rings (SSSR count). The van der Waals surface area contributed by atoms with Crippen LogP contribution in [-0.2, 0) is 19.1 Å². The second-order valence-electron chi connectivity index (χ2n) is 11.4. The van der Waals surface area contributed by atoms with Crippen LogP contribution in [0.15, 0.2) is 24.3 Å². The Morgan fingerprint density at radius 1 is 1.08 bits per heavy atom. The number of Topliss-reactive ketones (excluding diaryl/α,β-unsaturated/α-hetero) is 1. The topological polar surface area (TPSA) is 91.4 Å². The van der Waals surface area contributed by atoms with Crippen LogP contribution in [0.25, 0.3) is 0 Å². The van der Waals surface area contributed by atoms with Gasteiger partial charge < -0.3 is 24.6 Å². The third-order valence-electron chi connectivity index (χ3n) is 7.65. The van der Waals surface area contributed by atoms with E-state index in [1.165, 1.54) is 4.90 Å². The zero-order valence-corrected chi connectivity index (χ0v) is 22.3. The summed E-state index contributed by atoms with van der Waals surface area (Å²) in [6, 6.07) is 6.63. The minimum atomic E-state index is -0.807. The van der Waals surface area contributed by atoms with Crippen LogP contribution in [0.3, 0.4) is 0 Å². The Bertz CT molecular complexity index is 965. The number of carbonyl (C=O) groups excluding carboxylic acids is 3. The number of likely N-dealkylation sites (tertiary alicyclic amines) is 1. The monoisotopic (exact) mass is 500 g/mol. The van der Waals surface area contributed by atoms with E-state index in [4.69, 9.17) is 9.47 Å². The lowest BCUT2D eigenvalue weighted by Crippen LogP contribution is -2.57. The number of amides is 2. The predicted molar refractivity (Wildman–Crippen MR) is 137 cm³/mol. The maximum absolute atomic E-state index is 13.7. The van der Waals surface area contributed by atoms with Crippen molar-refractivity contribution in [2.45, 2.75) is 65.0 Å². The van der Waals surface area contributed by atoms with Gasteiger partial charge in [0, 0.05) is 50.6 Å². The van der Waals surface area contributed by atoms with E-state index < -0.39 is 23.6 Å². The predicted octanol–water partition coefficient (Wildman–Crippen LogP) is 1.56. The quantitative estimate of drug-likeness (QED) is 0.634. The molecule has 3 aliphatic rings. The van der Waals surface area contributed by atoms with Crippen molar-refractivity contribution in [3.05, 3.63) is 29.8 Å². The average Bonchev–Trinajstić information content (AvgIpc) is 3.41. The van der Waals surface area contributed by atoms with Crippen LogP contribution in [0.2, 0.25) is 0 Å². The van der Waals surface area contributed by atoms with Crippen LogP contribution >= 0.6 is 0 Å². The standard InChI is InChI=1S/C27H40N4O5/c1-17(2)29-11-13-30(14-12-29)19-9-7-18(8-10-19)25(33)28-24(27(3,4)5)26(34)31-15-21(35-6)23-22(31)20(32)16-36-23/h7-10,17,21-24H,11-16H2,1-6H3,(H,28,33)/t21-,22+,23+,24+/m0/s1. The van der Waals surface area contributed by atoms with Gasteiger partial charge in [-0.1, -0.05) is 20.8 Å². The molecule has 1 aromatic carbocycles. The Morgan fingerprint density at radius 3 is 2.28 bits per heavy atom. The number of fused-ring (bicyclic) bond motifs is 1. The van der Waals surface area contributed by atoms with Gasteiger partial charge >= 0.3 is 0 Å². The molecule has 9 nitrogen and oxygen atoms in total. The molecule has 3 aliphatic heterocycles. The number of ether oxygens (including phenoxy) is 2. The van der Waals surface area contributed by atoms with E-state index in [0.29, 0.717) is 11.6 Å². The summed E-state index contributed by atoms with van der Waals surface area (Å²) in [5, 5.41) is 2.95. The molecule has 3 heterocycles. The molecule has 4 atom stereocenters. The first-order chi connectivity index (χ1) is 17.0. The second-order valence-corrected chi connectivity index (χ2v) is 11.4. The lowest BCUT2D eigenvalue weighted by molar-refractivity contribution is -0.140. The normalized spacial score (nSPS) is 25.9. The number of benzene rings is 1. The molecule has 0 bridgehead atoms. The number of methoxy groups -OCH3 is 1. The molecule has 198 valence electrons. The summed E-state index contributed by atoms with van der Waals surface area (Å²) in [6.45, 7) is 14.3. The number of hydrogen-bond donors (Lipinski definition) is 1. The fourth-order valence-electron chi connectivity index (χ4n) is 5.40. The average molecular weight is 501 g/mol. The molecule has 2 amide bonds. The fourth-order valence-corrected chi connectivity index (χ4v) is 5.40. The number of nitrogens with one attached hydrogen (secondary N) is 1. The second kappa shape index (κ2) is 10.5. The van der Waals surface area contributed by atoms with Gasteiger partial charge in [0.05, 0.1) is 6.54 Å². The van der Waals surface area contributed by atoms with Crippen molar-refractivity contribution in [1.82, 2.24) is 15.1 Å². The molecule has 3 fully saturated rings. The third kappa shape index (κ3) is 5.28. The van der Waals surface area contributed by atoms with E-state index >= 15 is 0 Å². The number of anilines is 1. The number of ketones is 1. The van der Waals surface area contributed by atoms with Gasteiger partial charge in [-0.05, 0) is 43.5 Å². The minimum Gasteiger partial charge on any atom is -0.377 e. The molecule has 0 unspecified atom stereocenters. The first kappa shape index (κ1) is 26.6. The fraction of sp³-hybridized carbons (Fsp3) is 0.667. The summed E-state index contributed by atoms with van der Waals surface area (Å²) in [4.78, 5) is 45.7. The number of rotatable bonds is 6. The summed E-state index contributed by atoms with van der Waals surface area (Å²) in [6.07, 6.45) is -0.825. The van der Waals surface area contributed by atoms with Gasteiger partial charge in [0.1, 0.15) is 30.9 Å². The van der Waals surface area contributed by atoms with E-state index in [9.17, 15) is 14.4 Å². The van der Waals surface area contributed by atoms with Crippen LogP contribution in [0, 0.1) is 5.41 Å². The molecule has 36 heavy (non-hydrogen) atoms. The van der Waals surface area contributed by atoms with Crippen LogP contribution in [0.1, 0.15) is 45.0 Å². The van der Waals surface area contributed by atoms with Gasteiger partial charge in [-0.15, -0.1) is 0 Å². The summed E-state index contributed by atoms with van der Waals surface area (Å²) in [7, 11) is 1.55. The lowest BCUT2D eigenvalue weighted by Gasteiger charge is -2.38. The smallest absolute Gasteiger partial charge is 0.251 e. The van der Waals surface area contributed by atoms with Crippen molar-refractivity contribution >= 4 is 23.3 Å². The van der Waals surface area contributed by atoms with E-state index in [1.807, 2.05) is 45.0 Å². The van der Waals surface area contributed by atoms with Crippen molar-refractivity contribution in [2.75, 3.05) is 51.3 Å². The SMILES string of the molecule is CO[C@H]1CN(C(=O)[C@@H](NC(=O)c2ccc(N3CCN(C(C)C)CC3)cc2)C(C)(C)C)[C@@H]2C(=O)CO[C@H]12. The number of hydrogen-bond acceptors (Lipinski definition) is 7. The van der Waals surface area contributed by atoms with E-state index in [-0.39, 0.29) is 36.9 Å². The van der Waals surface area contributed by atoms with Crippen molar-refractivity contribution in [3.63, 3.8) is 0 Å². The summed E-state index contributed by atoms with van der Waals surface area (Å²) in [5.74, 6) is -0.729. The lowest BCUT2D eigenvalue weighted by atomic mass is 9.85. The van der Waals surface area contributed by atoms with Gasteiger partial charge in [-0.3, -0.25) is 19.3 Å². The summed E-state index contributed by atoms with van der Waals surface area (Å²) in [5.41, 5.74) is 1.02. The maximum atomic E-state index is 13.7. The maximum Gasteiger partial charge on any atom is 0.251 e. The molecule has 3 saturated heterocycles. The highest BCUT2D eigenvalue weighted by atomic mass is 16.5. The van der Waals surface area contributed by atoms with E-state index in [2.05, 4.69) is 29.0 Å². The van der Waals surface area contributed by atoms with Crippen LogP contribution in [-0.4, -0.2) is 104 Å². The first-order valence-corrected chi connectivity index (χ1v) is 12.9. The van der Waals surface area contributed by atoms with Crippen molar-refractivity contribution in [3.8, 4) is 0 Å². The van der Waals surface area contributed by atoms with Crippen LogP contribution < -0.4 is 10.2 Å². The first-order valence-electron chi connectivity index (χ1n) is 12.9. The number of piperazine rings is 1. The van der Waals surface area contributed by atoms with Crippen molar-refractivity contribution < 1.29 is 23.9 Å². The van der Waals surface area contributed by atoms with Gasteiger partial charge in [-0.25, -0.2) is 0 Å². The van der Waals surface area contributed by atoms with Gasteiger partial charge in [-0.2, -0.15) is 0 Å². The molecule has 0 saturated carbocycles. The van der Waals surface area contributed by atoms with Crippen LogP contribution in [0.4, 0.5) is 5.69 Å². The van der Waals surface area contributed by atoms with Gasteiger partial charge in [0.25, 0.3) is 5.91 Å². The molecule has 0 spiro atoms. The molecule has 0 radical (unpaired) electrons. The van der Waals surface area contributed by atoms with E-state index in [0.717, 1.165) is 31.9 Å². The highest BCUT2D eigenvalue weighted by molar-refractivity contribution is 5.99. The molecule has 9 heteroatoms. The minimum absolute atomic E-state index is 0.0234. The largest absolute Gasteiger partial charge is 0.377 e. The zero-order chi connectivity index (χ0) is 26.2. The molecular formula is C27H40N4O5. The third-order valence-corrected chi connectivity index (χ3v) is 7.65. The molecule has 1 N–H and O–H groups in total. The highest BCUT2D eigenvalue weighted by Gasteiger charge is 2.54. The summed E-state index contributed by atoms with van der Waals surface area (Å²) >= 11 is 0. The molecular weight excluding hydrogens is 460 g/mol. The van der Waals surface area contributed by atoms with Gasteiger partial charge in [0.15, 0.2) is 5.78 Å². The van der Waals surface area contributed by atoms with Crippen molar-refractivity contribution in [2.24, 2.45) is 5.41 Å². The Hall–Kier alpha value is -2.49. The van der Waals surface area contributed by atoms with Crippen molar-refractivity contribution in [1.29, 1.82) is 0 Å². The summed E-state index contributed by atoms with van der Waals surface area (Å²) < 4.78 is 11.1. The Balaban J connectivity index is 1.44. The van der Waals surface area contributed by atoms with E-state index in [1.54, 1.807) is 7.11 Å². The number of carbonyl (C=O) groups is 3. The number of nitrogens with zero attached hydrogens (tertiary/aromatic N) is 3. The molecule has 0 aromatic heterocycles. The van der Waals surface area contributed by atoms with Gasteiger partial charge in [0.2, 0.25) is 5.91 Å². The Kier molecular flexibility index (Phi) is 7.73. The Morgan fingerprint density at radius 2 is 1.72 bits per heavy atom.